The third-order valence-corrected chi connectivity index (χ3v) is 3.64. The minimum absolute atomic E-state index is 0.217. The maximum atomic E-state index is 12.3. The Labute approximate surface area is 119 Å². The highest BCUT2D eigenvalue weighted by Crippen LogP contribution is 2.36. The molecule has 1 saturated carbocycles. The van der Waals surface area contributed by atoms with Crippen molar-refractivity contribution in [2.75, 3.05) is 11.9 Å². The molecule has 0 aromatic carbocycles. The van der Waals surface area contributed by atoms with E-state index < -0.39 is 5.41 Å². The lowest BCUT2D eigenvalue weighted by Gasteiger charge is -2.29. The quantitative estimate of drug-likeness (QED) is 0.915. The highest BCUT2D eigenvalue weighted by molar-refractivity contribution is 5.97. The van der Waals surface area contributed by atoms with Crippen LogP contribution in [0.15, 0.2) is 18.3 Å². The number of pyridine rings is 1. The van der Waals surface area contributed by atoms with Crippen molar-refractivity contribution in [3.63, 3.8) is 0 Å². The number of amides is 1. The van der Waals surface area contributed by atoms with Crippen LogP contribution in [0.25, 0.3) is 0 Å². The molecule has 1 aliphatic rings. The van der Waals surface area contributed by atoms with Crippen molar-refractivity contribution in [3.05, 3.63) is 18.3 Å². The van der Waals surface area contributed by atoms with Gasteiger partial charge in [0.25, 0.3) is 0 Å². The van der Waals surface area contributed by atoms with Crippen LogP contribution in [0.3, 0.4) is 0 Å². The van der Waals surface area contributed by atoms with Crippen LogP contribution in [-0.4, -0.2) is 17.5 Å². The van der Waals surface area contributed by atoms with Crippen LogP contribution in [-0.2, 0) is 4.79 Å². The minimum Gasteiger partial charge on any atom is -0.478 e. The van der Waals surface area contributed by atoms with E-state index in [2.05, 4.69) is 16.4 Å². The molecule has 0 atom stereocenters. The Kier molecular flexibility index (Phi) is 4.57. The van der Waals surface area contributed by atoms with E-state index in [4.69, 9.17) is 4.74 Å². The zero-order valence-corrected chi connectivity index (χ0v) is 11.7. The smallest absolute Gasteiger partial charge is 0.244 e. The maximum Gasteiger partial charge on any atom is 0.244 e. The van der Waals surface area contributed by atoms with Crippen LogP contribution in [0.2, 0.25) is 0 Å². The summed E-state index contributed by atoms with van der Waals surface area (Å²) in [5.41, 5.74) is -0.282. The number of hydrogen-bond donors (Lipinski definition) is 1. The lowest BCUT2D eigenvalue weighted by molar-refractivity contribution is -0.124. The largest absolute Gasteiger partial charge is 0.478 e. The van der Waals surface area contributed by atoms with Gasteiger partial charge in [-0.05, 0) is 25.8 Å². The standard InChI is InChI=1S/C15H19N3O2/c1-2-20-13-7-6-12(10-17-13)18-14(19)15(11-16)8-4-3-5-9-15/h6-7,10H,2-5,8-9H2,1H3,(H,18,19). The number of nitrogens with one attached hydrogen (secondary N) is 1. The summed E-state index contributed by atoms with van der Waals surface area (Å²) in [5.74, 6) is 0.309. The highest BCUT2D eigenvalue weighted by atomic mass is 16.5. The van der Waals surface area contributed by atoms with Gasteiger partial charge in [0.2, 0.25) is 11.8 Å². The number of aromatic nitrogens is 1. The molecule has 0 saturated heterocycles. The first-order chi connectivity index (χ1) is 9.70. The number of carbonyl (C=O) groups excluding carboxylic acids is 1. The fourth-order valence-electron chi connectivity index (χ4n) is 2.48. The summed E-state index contributed by atoms with van der Waals surface area (Å²) in [7, 11) is 0. The second kappa shape index (κ2) is 6.38. The van der Waals surface area contributed by atoms with Gasteiger partial charge in [-0.3, -0.25) is 4.79 Å². The molecule has 20 heavy (non-hydrogen) atoms. The van der Waals surface area contributed by atoms with Crippen LogP contribution in [0.4, 0.5) is 5.69 Å². The van der Waals surface area contributed by atoms with E-state index in [9.17, 15) is 10.1 Å². The third-order valence-electron chi connectivity index (χ3n) is 3.64. The molecule has 1 heterocycles. The summed E-state index contributed by atoms with van der Waals surface area (Å²) < 4.78 is 5.25. The van der Waals surface area contributed by atoms with Gasteiger partial charge in [-0.15, -0.1) is 0 Å². The van der Waals surface area contributed by atoms with Gasteiger partial charge in [-0.1, -0.05) is 19.3 Å². The van der Waals surface area contributed by atoms with Gasteiger partial charge in [0, 0.05) is 6.07 Å². The molecule has 0 aliphatic heterocycles. The Bertz CT molecular complexity index is 499. The fraction of sp³-hybridized carbons (Fsp3) is 0.533. The van der Waals surface area contributed by atoms with E-state index in [0.29, 0.717) is 31.0 Å². The van der Waals surface area contributed by atoms with Crippen LogP contribution in [0.1, 0.15) is 39.0 Å². The first-order valence-electron chi connectivity index (χ1n) is 7.02. The summed E-state index contributed by atoms with van der Waals surface area (Å²) >= 11 is 0. The molecule has 2 rings (SSSR count). The molecule has 106 valence electrons. The Hall–Kier alpha value is -2.09. The molecular weight excluding hydrogens is 254 g/mol. The van der Waals surface area contributed by atoms with Crippen LogP contribution in [0.5, 0.6) is 5.88 Å². The van der Waals surface area contributed by atoms with Gasteiger partial charge >= 0.3 is 0 Å². The number of nitriles is 1. The number of ether oxygens (including phenoxy) is 1. The highest BCUT2D eigenvalue weighted by Gasteiger charge is 2.39. The maximum absolute atomic E-state index is 12.3. The van der Waals surface area contributed by atoms with Crippen molar-refractivity contribution in [1.82, 2.24) is 4.98 Å². The summed E-state index contributed by atoms with van der Waals surface area (Å²) in [6, 6.07) is 5.66. The summed E-state index contributed by atoms with van der Waals surface area (Å²) in [5, 5.41) is 12.2. The van der Waals surface area contributed by atoms with Crippen LogP contribution in [0, 0.1) is 16.7 Å². The number of rotatable bonds is 4. The van der Waals surface area contributed by atoms with Crippen molar-refractivity contribution in [1.29, 1.82) is 5.26 Å². The Balaban J connectivity index is 2.05. The normalized spacial score (nSPS) is 17.0. The second-order valence-electron chi connectivity index (χ2n) is 5.03. The SMILES string of the molecule is CCOc1ccc(NC(=O)C2(C#N)CCCCC2)cn1. The zero-order valence-electron chi connectivity index (χ0n) is 11.7. The lowest BCUT2D eigenvalue weighted by atomic mass is 9.74. The number of nitrogens with zero attached hydrogens (tertiary/aromatic N) is 2. The Morgan fingerprint density at radius 1 is 1.45 bits per heavy atom. The van der Waals surface area contributed by atoms with E-state index in [-0.39, 0.29) is 5.91 Å². The van der Waals surface area contributed by atoms with Crippen LogP contribution >= 0.6 is 0 Å². The van der Waals surface area contributed by atoms with Gasteiger partial charge in [0.1, 0.15) is 5.41 Å². The molecule has 5 heteroatoms. The predicted octanol–water partition coefficient (Wildman–Crippen LogP) is 2.89. The van der Waals surface area contributed by atoms with Crippen molar-refractivity contribution < 1.29 is 9.53 Å². The van der Waals surface area contributed by atoms with E-state index in [1.54, 1.807) is 18.3 Å². The van der Waals surface area contributed by atoms with Gasteiger partial charge in [-0.2, -0.15) is 5.26 Å². The molecule has 1 aromatic heterocycles. The summed E-state index contributed by atoms with van der Waals surface area (Å²) in [6.07, 6.45) is 5.79. The monoisotopic (exact) mass is 273 g/mol. The molecule has 1 N–H and O–H groups in total. The second-order valence-corrected chi connectivity index (χ2v) is 5.03. The van der Waals surface area contributed by atoms with E-state index in [1.165, 1.54) is 0 Å². The number of hydrogen-bond acceptors (Lipinski definition) is 4. The molecule has 1 amide bonds. The van der Waals surface area contributed by atoms with E-state index >= 15 is 0 Å². The van der Waals surface area contributed by atoms with Gasteiger partial charge < -0.3 is 10.1 Å². The van der Waals surface area contributed by atoms with Crippen molar-refractivity contribution in [2.24, 2.45) is 5.41 Å². The molecule has 0 unspecified atom stereocenters. The fourth-order valence-corrected chi connectivity index (χ4v) is 2.48. The van der Waals surface area contributed by atoms with Gasteiger partial charge in [0.05, 0.1) is 24.6 Å². The van der Waals surface area contributed by atoms with Crippen molar-refractivity contribution in [3.8, 4) is 11.9 Å². The van der Waals surface area contributed by atoms with E-state index in [0.717, 1.165) is 19.3 Å². The topological polar surface area (TPSA) is 75.0 Å². The average molecular weight is 273 g/mol. The summed E-state index contributed by atoms with van der Waals surface area (Å²) in [4.78, 5) is 16.4. The predicted molar refractivity (Wildman–Crippen MR) is 75.2 cm³/mol. The first-order valence-corrected chi connectivity index (χ1v) is 7.02. The first kappa shape index (κ1) is 14.3. The molecule has 0 spiro atoms. The average Bonchev–Trinajstić information content (AvgIpc) is 2.50. The minimum atomic E-state index is -0.878. The molecule has 1 fully saturated rings. The van der Waals surface area contributed by atoms with Gasteiger partial charge in [-0.25, -0.2) is 4.98 Å². The molecular formula is C15H19N3O2. The zero-order chi connectivity index (χ0) is 14.4. The number of carbonyl (C=O) groups is 1. The lowest BCUT2D eigenvalue weighted by Crippen LogP contribution is -2.36. The number of anilines is 1. The third kappa shape index (κ3) is 3.08. The molecule has 0 radical (unpaired) electrons. The Morgan fingerprint density at radius 3 is 2.75 bits per heavy atom. The summed E-state index contributed by atoms with van der Waals surface area (Å²) in [6.45, 7) is 2.44. The molecule has 1 aromatic rings. The molecule has 1 aliphatic carbocycles. The molecule has 0 bridgehead atoms. The molecule has 5 nitrogen and oxygen atoms in total. The van der Waals surface area contributed by atoms with Gasteiger partial charge in [0.15, 0.2) is 0 Å². The van der Waals surface area contributed by atoms with E-state index in [1.807, 2.05) is 6.92 Å². The van der Waals surface area contributed by atoms with Crippen LogP contribution < -0.4 is 10.1 Å². The van der Waals surface area contributed by atoms with Crippen molar-refractivity contribution >= 4 is 11.6 Å². The Morgan fingerprint density at radius 2 is 2.20 bits per heavy atom. The van der Waals surface area contributed by atoms with Crippen molar-refractivity contribution in [2.45, 2.75) is 39.0 Å².